The van der Waals surface area contributed by atoms with Gasteiger partial charge in [-0.05, 0) is 31.5 Å². The maximum absolute atomic E-state index is 13.7. The number of nitrogens with one attached hydrogen (secondary N) is 1. The molecule has 1 fully saturated rings. The van der Waals surface area contributed by atoms with E-state index in [2.05, 4.69) is 28.2 Å². The van der Waals surface area contributed by atoms with E-state index in [9.17, 15) is 4.39 Å². The van der Waals surface area contributed by atoms with Crippen LogP contribution in [0.2, 0.25) is 0 Å². The fraction of sp³-hybridized carbons (Fsp3) is 0.500. The van der Waals surface area contributed by atoms with Gasteiger partial charge < -0.3 is 10.1 Å². The van der Waals surface area contributed by atoms with Crippen LogP contribution in [0.4, 0.5) is 4.39 Å². The molecule has 2 atom stereocenters. The van der Waals surface area contributed by atoms with Gasteiger partial charge in [0.2, 0.25) is 0 Å². The number of halogens is 2. The Morgan fingerprint density at radius 2 is 2.31 bits per heavy atom. The van der Waals surface area contributed by atoms with Gasteiger partial charge in [0, 0.05) is 29.2 Å². The van der Waals surface area contributed by atoms with E-state index in [1.807, 2.05) is 0 Å². The van der Waals surface area contributed by atoms with Crippen LogP contribution in [0.15, 0.2) is 22.7 Å². The van der Waals surface area contributed by atoms with Crippen LogP contribution in [-0.2, 0) is 4.74 Å². The molecular formula is C12H15BrFNO. The second kappa shape index (κ2) is 5.25. The summed E-state index contributed by atoms with van der Waals surface area (Å²) in [5.41, 5.74) is 0.621. The summed E-state index contributed by atoms with van der Waals surface area (Å²) in [6, 6.07) is 5.39. The average Bonchev–Trinajstić information content (AvgIpc) is 2.47. The first kappa shape index (κ1) is 12.0. The molecule has 1 aliphatic rings. The highest BCUT2D eigenvalue weighted by molar-refractivity contribution is 9.10. The van der Waals surface area contributed by atoms with Gasteiger partial charge in [-0.1, -0.05) is 15.9 Å². The van der Waals surface area contributed by atoms with Gasteiger partial charge in [0.25, 0.3) is 0 Å². The van der Waals surface area contributed by atoms with Gasteiger partial charge in [0.15, 0.2) is 0 Å². The molecule has 0 amide bonds. The van der Waals surface area contributed by atoms with Crippen molar-refractivity contribution in [3.05, 3.63) is 34.1 Å². The Morgan fingerprint density at radius 3 is 3.12 bits per heavy atom. The monoisotopic (exact) mass is 287 g/mol. The van der Waals surface area contributed by atoms with Crippen LogP contribution >= 0.6 is 15.9 Å². The van der Waals surface area contributed by atoms with E-state index < -0.39 is 0 Å². The minimum absolute atomic E-state index is 0.192. The maximum Gasteiger partial charge on any atom is 0.129 e. The van der Waals surface area contributed by atoms with Crippen molar-refractivity contribution in [2.75, 3.05) is 13.2 Å². The molecule has 1 saturated heterocycles. The van der Waals surface area contributed by atoms with E-state index >= 15 is 0 Å². The Labute approximate surface area is 103 Å². The van der Waals surface area contributed by atoms with Gasteiger partial charge in [-0.3, -0.25) is 0 Å². The lowest BCUT2D eigenvalue weighted by Gasteiger charge is -2.16. The third-order valence-electron chi connectivity index (χ3n) is 2.83. The van der Waals surface area contributed by atoms with Crippen LogP contribution in [0.1, 0.15) is 25.0 Å². The molecule has 16 heavy (non-hydrogen) atoms. The topological polar surface area (TPSA) is 21.3 Å². The van der Waals surface area contributed by atoms with E-state index in [1.54, 1.807) is 12.1 Å². The first-order valence-electron chi connectivity index (χ1n) is 5.47. The normalized spacial score (nSPS) is 26.4. The molecule has 0 saturated carbocycles. The standard InChI is InChI=1S/C12H15BrFNO/c1-8-4-5-16-12(7-15-8)10-6-9(13)2-3-11(10)14/h2-3,6,8,12,15H,4-5,7H2,1H3. The quantitative estimate of drug-likeness (QED) is 0.857. The van der Waals surface area contributed by atoms with Crippen molar-refractivity contribution in [2.24, 2.45) is 0 Å². The van der Waals surface area contributed by atoms with E-state index in [4.69, 9.17) is 4.74 Å². The fourth-order valence-electron chi connectivity index (χ4n) is 1.82. The van der Waals surface area contributed by atoms with Gasteiger partial charge >= 0.3 is 0 Å². The summed E-state index contributed by atoms with van der Waals surface area (Å²) in [7, 11) is 0. The highest BCUT2D eigenvalue weighted by atomic mass is 79.9. The molecule has 0 bridgehead atoms. The van der Waals surface area contributed by atoms with Crippen LogP contribution in [0.3, 0.4) is 0 Å². The first-order chi connectivity index (χ1) is 7.66. The van der Waals surface area contributed by atoms with Crippen LogP contribution < -0.4 is 5.32 Å². The summed E-state index contributed by atoms with van der Waals surface area (Å²) in [6.45, 7) is 3.45. The molecule has 1 N–H and O–H groups in total. The smallest absolute Gasteiger partial charge is 0.129 e. The minimum Gasteiger partial charge on any atom is -0.372 e. The van der Waals surface area contributed by atoms with Gasteiger partial charge in [-0.2, -0.15) is 0 Å². The van der Waals surface area contributed by atoms with Gasteiger partial charge in [0.05, 0.1) is 6.10 Å². The van der Waals surface area contributed by atoms with Gasteiger partial charge in [0.1, 0.15) is 5.82 Å². The second-order valence-electron chi connectivity index (χ2n) is 4.12. The Balaban J connectivity index is 2.19. The molecule has 1 aliphatic heterocycles. The lowest BCUT2D eigenvalue weighted by Crippen LogP contribution is -2.27. The molecule has 2 rings (SSSR count). The number of rotatable bonds is 1. The Morgan fingerprint density at radius 1 is 1.50 bits per heavy atom. The lowest BCUT2D eigenvalue weighted by molar-refractivity contribution is 0.0639. The number of hydrogen-bond acceptors (Lipinski definition) is 2. The average molecular weight is 288 g/mol. The van der Waals surface area contributed by atoms with Gasteiger partial charge in [-0.25, -0.2) is 4.39 Å². The summed E-state index contributed by atoms with van der Waals surface area (Å²) in [6.07, 6.45) is 0.772. The largest absolute Gasteiger partial charge is 0.372 e. The van der Waals surface area contributed by atoms with E-state index in [1.165, 1.54) is 6.07 Å². The predicted molar refractivity (Wildman–Crippen MR) is 64.9 cm³/mol. The third-order valence-corrected chi connectivity index (χ3v) is 3.32. The first-order valence-corrected chi connectivity index (χ1v) is 6.26. The fourth-order valence-corrected chi connectivity index (χ4v) is 2.20. The summed E-state index contributed by atoms with van der Waals surface area (Å²) in [5, 5.41) is 3.33. The predicted octanol–water partition coefficient (Wildman–Crippen LogP) is 3.03. The minimum atomic E-state index is -0.204. The molecule has 0 aromatic heterocycles. The molecule has 88 valence electrons. The molecule has 2 unspecified atom stereocenters. The Bertz CT molecular complexity index is 372. The number of ether oxygens (including phenoxy) is 1. The highest BCUT2D eigenvalue weighted by Crippen LogP contribution is 2.25. The Hall–Kier alpha value is -0.450. The molecule has 0 aliphatic carbocycles. The highest BCUT2D eigenvalue weighted by Gasteiger charge is 2.20. The molecule has 0 spiro atoms. The summed E-state index contributed by atoms with van der Waals surface area (Å²) in [4.78, 5) is 0. The van der Waals surface area contributed by atoms with Crippen molar-refractivity contribution in [3.8, 4) is 0 Å². The number of benzene rings is 1. The number of hydrogen-bond donors (Lipinski definition) is 1. The zero-order chi connectivity index (χ0) is 11.5. The Kier molecular flexibility index (Phi) is 3.95. The second-order valence-corrected chi connectivity index (χ2v) is 5.04. The van der Waals surface area contributed by atoms with Crippen molar-refractivity contribution in [3.63, 3.8) is 0 Å². The molecule has 0 radical (unpaired) electrons. The lowest BCUT2D eigenvalue weighted by atomic mass is 10.1. The summed E-state index contributed by atoms with van der Waals surface area (Å²) in [5.74, 6) is -0.204. The summed E-state index contributed by atoms with van der Waals surface area (Å²) < 4.78 is 20.2. The molecule has 1 aromatic rings. The zero-order valence-corrected chi connectivity index (χ0v) is 10.8. The van der Waals surface area contributed by atoms with Crippen molar-refractivity contribution in [2.45, 2.75) is 25.5 Å². The van der Waals surface area contributed by atoms with E-state index in [-0.39, 0.29) is 11.9 Å². The van der Waals surface area contributed by atoms with Crippen LogP contribution in [0.25, 0.3) is 0 Å². The SMILES string of the molecule is CC1CCOC(c2cc(Br)ccc2F)CN1. The van der Waals surface area contributed by atoms with Crippen molar-refractivity contribution in [1.82, 2.24) is 5.32 Å². The van der Waals surface area contributed by atoms with E-state index in [0.29, 0.717) is 24.8 Å². The van der Waals surface area contributed by atoms with Gasteiger partial charge in [-0.15, -0.1) is 0 Å². The van der Waals surface area contributed by atoms with Crippen molar-refractivity contribution >= 4 is 15.9 Å². The molecule has 4 heteroatoms. The molecular weight excluding hydrogens is 273 g/mol. The van der Waals surface area contributed by atoms with Crippen LogP contribution in [-0.4, -0.2) is 19.2 Å². The van der Waals surface area contributed by atoms with Crippen molar-refractivity contribution in [1.29, 1.82) is 0 Å². The van der Waals surface area contributed by atoms with E-state index in [0.717, 1.165) is 10.9 Å². The maximum atomic E-state index is 13.7. The molecule has 1 heterocycles. The molecule has 2 nitrogen and oxygen atoms in total. The van der Waals surface area contributed by atoms with Crippen LogP contribution in [0.5, 0.6) is 0 Å². The third kappa shape index (κ3) is 2.81. The zero-order valence-electron chi connectivity index (χ0n) is 9.17. The van der Waals surface area contributed by atoms with Crippen LogP contribution in [0, 0.1) is 5.82 Å². The molecule has 1 aromatic carbocycles. The summed E-state index contributed by atoms with van der Waals surface area (Å²) >= 11 is 3.35. The van der Waals surface area contributed by atoms with Crippen molar-refractivity contribution < 1.29 is 9.13 Å².